The molecule has 0 aliphatic carbocycles. The molecule has 1 aliphatic rings. The molecule has 0 bridgehead atoms. The van der Waals surface area contributed by atoms with Crippen molar-refractivity contribution in [2.24, 2.45) is 5.10 Å². The van der Waals surface area contributed by atoms with E-state index < -0.39 is 0 Å². The van der Waals surface area contributed by atoms with Gasteiger partial charge in [0.05, 0.1) is 19.1 Å². The van der Waals surface area contributed by atoms with Gasteiger partial charge in [0, 0.05) is 19.2 Å². The lowest BCUT2D eigenvalue weighted by molar-refractivity contribution is -0.131. The number of benzene rings is 1. The number of hydrogen-bond donors (Lipinski definition) is 0. The van der Waals surface area contributed by atoms with Gasteiger partial charge in [0.1, 0.15) is 29.1 Å². The highest BCUT2D eigenvalue weighted by atomic mass is 19.1. The van der Waals surface area contributed by atoms with E-state index in [4.69, 9.17) is 8.83 Å². The molecule has 0 fully saturated rings. The van der Waals surface area contributed by atoms with Crippen molar-refractivity contribution in [3.63, 3.8) is 0 Å². The van der Waals surface area contributed by atoms with Crippen LogP contribution in [0.1, 0.15) is 24.0 Å². The first-order valence-corrected chi connectivity index (χ1v) is 8.55. The van der Waals surface area contributed by atoms with Crippen LogP contribution in [-0.4, -0.2) is 30.2 Å². The van der Waals surface area contributed by atoms with E-state index in [1.54, 1.807) is 48.7 Å². The average molecular weight is 367 g/mol. The highest BCUT2D eigenvalue weighted by molar-refractivity contribution is 6.01. The summed E-state index contributed by atoms with van der Waals surface area (Å²) in [6.45, 7) is 0.0950. The molecule has 7 heteroatoms. The summed E-state index contributed by atoms with van der Waals surface area (Å²) in [5.74, 6) is 0.792. The zero-order chi connectivity index (χ0) is 18.8. The molecule has 3 heterocycles. The van der Waals surface area contributed by atoms with Crippen molar-refractivity contribution in [1.29, 1.82) is 0 Å². The molecule has 0 unspecified atom stereocenters. The maximum Gasteiger partial charge on any atom is 0.262 e. The monoisotopic (exact) mass is 367 g/mol. The Kier molecular flexibility index (Phi) is 4.50. The van der Waals surface area contributed by atoms with E-state index in [9.17, 15) is 9.18 Å². The van der Waals surface area contributed by atoms with Crippen molar-refractivity contribution >= 4 is 17.3 Å². The summed E-state index contributed by atoms with van der Waals surface area (Å²) >= 11 is 0. The minimum atomic E-state index is -0.325. The normalized spacial score (nSPS) is 16.4. The third kappa shape index (κ3) is 3.48. The lowest BCUT2D eigenvalue weighted by Gasteiger charge is -2.24. The second-order valence-corrected chi connectivity index (χ2v) is 6.33. The Morgan fingerprint density at radius 2 is 1.93 bits per heavy atom. The van der Waals surface area contributed by atoms with E-state index in [1.165, 1.54) is 17.1 Å². The molecule has 6 nitrogen and oxygen atoms in total. The zero-order valence-corrected chi connectivity index (χ0v) is 14.7. The summed E-state index contributed by atoms with van der Waals surface area (Å²) in [6, 6.07) is 12.9. The summed E-state index contributed by atoms with van der Waals surface area (Å²) in [7, 11) is 1.78. The van der Waals surface area contributed by atoms with Crippen molar-refractivity contribution in [2.45, 2.75) is 12.5 Å². The Morgan fingerprint density at radius 3 is 2.59 bits per heavy atom. The Morgan fingerprint density at radius 1 is 1.19 bits per heavy atom. The number of rotatable bonds is 5. The van der Waals surface area contributed by atoms with Gasteiger partial charge in [-0.25, -0.2) is 9.40 Å². The summed E-state index contributed by atoms with van der Waals surface area (Å²) in [6.07, 6.45) is 3.66. The Hall–Kier alpha value is -3.35. The Bertz CT molecular complexity index is 934. The Labute approximate surface area is 155 Å². The second kappa shape index (κ2) is 7.11. The van der Waals surface area contributed by atoms with Gasteiger partial charge >= 0.3 is 0 Å². The van der Waals surface area contributed by atoms with Gasteiger partial charge in [-0.15, -0.1) is 0 Å². The first-order chi connectivity index (χ1) is 13.1. The molecular formula is C20H18FN3O3. The van der Waals surface area contributed by atoms with Crippen molar-refractivity contribution in [2.75, 3.05) is 18.5 Å². The summed E-state index contributed by atoms with van der Waals surface area (Å²) in [5, 5.41) is 5.93. The van der Waals surface area contributed by atoms with Crippen LogP contribution in [0.4, 0.5) is 10.1 Å². The van der Waals surface area contributed by atoms with Crippen LogP contribution >= 0.6 is 0 Å². The van der Waals surface area contributed by atoms with E-state index in [-0.39, 0.29) is 24.3 Å². The summed E-state index contributed by atoms with van der Waals surface area (Å²) in [4.78, 5) is 14.7. The number of amides is 1. The zero-order valence-electron chi connectivity index (χ0n) is 14.7. The summed E-state index contributed by atoms with van der Waals surface area (Å²) in [5.41, 5.74) is 1.44. The van der Waals surface area contributed by atoms with E-state index in [0.29, 0.717) is 23.7 Å². The van der Waals surface area contributed by atoms with Crippen molar-refractivity contribution in [3.8, 4) is 0 Å². The predicted octanol–water partition coefficient (Wildman–Crippen LogP) is 3.83. The van der Waals surface area contributed by atoms with Crippen LogP contribution in [0.15, 0.2) is 75.0 Å². The molecule has 0 N–H and O–H groups in total. The minimum absolute atomic E-state index is 0.0950. The van der Waals surface area contributed by atoms with Crippen molar-refractivity contribution in [1.82, 2.24) is 5.01 Å². The average Bonchev–Trinajstić information content (AvgIpc) is 3.41. The fourth-order valence-electron chi connectivity index (χ4n) is 3.10. The van der Waals surface area contributed by atoms with Gasteiger partial charge < -0.3 is 13.7 Å². The predicted molar refractivity (Wildman–Crippen MR) is 97.8 cm³/mol. The van der Waals surface area contributed by atoms with Crippen LogP contribution in [0.2, 0.25) is 0 Å². The number of likely N-dealkylation sites (N-methyl/N-ethyl adjacent to an activating group) is 1. The standard InChI is InChI=1S/C20H18FN3O3/c1-23(15-8-6-14(21)7-9-15)13-20(25)24-17(19-5-3-11-27-19)12-16(22-24)18-4-2-10-26-18/h2-11,17H,12-13H2,1H3/t17-/m1/s1. The fraction of sp³-hybridized carbons (Fsp3) is 0.200. The molecule has 0 saturated carbocycles. The van der Waals surface area contributed by atoms with Gasteiger partial charge in [-0.2, -0.15) is 5.10 Å². The van der Waals surface area contributed by atoms with E-state index in [0.717, 1.165) is 5.69 Å². The van der Waals surface area contributed by atoms with E-state index >= 15 is 0 Å². The quantitative estimate of drug-likeness (QED) is 0.688. The van der Waals surface area contributed by atoms with Crippen LogP contribution in [0.25, 0.3) is 0 Å². The van der Waals surface area contributed by atoms with Crippen LogP contribution in [0.3, 0.4) is 0 Å². The molecular weight excluding hydrogens is 349 g/mol. The number of halogens is 1. The maximum atomic E-state index is 13.1. The van der Waals surface area contributed by atoms with Gasteiger partial charge in [-0.1, -0.05) is 0 Å². The van der Waals surface area contributed by atoms with Crippen molar-refractivity contribution < 1.29 is 18.0 Å². The number of nitrogens with zero attached hydrogens (tertiary/aromatic N) is 3. The van der Waals surface area contributed by atoms with E-state index in [1.807, 2.05) is 12.1 Å². The summed E-state index contributed by atoms with van der Waals surface area (Å²) < 4.78 is 24.1. The number of anilines is 1. The van der Waals surface area contributed by atoms with Gasteiger partial charge in [-0.3, -0.25) is 4.79 Å². The molecule has 1 amide bonds. The first kappa shape index (κ1) is 17.1. The topological polar surface area (TPSA) is 62.2 Å². The molecule has 4 rings (SSSR count). The molecule has 1 atom stereocenters. The minimum Gasteiger partial charge on any atom is -0.467 e. The molecule has 1 aromatic carbocycles. The first-order valence-electron chi connectivity index (χ1n) is 8.55. The highest BCUT2D eigenvalue weighted by Crippen LogP contribution is 2.33. The largest absolute Gasteiger partial charge is 0.467 e. The molecule has 0 spiro atoms. The Balaban J connectivity index is 1.56. The van der Waals surface area contributed by atoms with Gasteiger partial charge in [0.2, 0.25) is 0 Å². The number of hydrogen-bond acceptors (Lipinski definition) is 5. The van der Waals surface area contributed by atoms with E-state index in [2.05, 4.69) is 5.10 Å². The molecule has 0 saturated heterocycles. The molecule has 138 valence electrons. The molecule has 0 radical (unpaired) electrons. The van der Waals surface area contributed by atoms with Gasteiger partial charge in [-0.05, 0) is 48.5 Å². The fourth-order valence-corrected chi connectivity index (χ4v) is 3.10. The molecule has 27 heavy (non-hydrogen) atoms. The maximum absolute atomic E-state index is 13.1. The molecule has 3 aromatic rings. The van der Waals surface area contributed by atoms with Gasteiger partial charge in [0.25, 0.3) is 5.91 Å². The SMILES string of the molecule is CN(CC(=O)N1N=C(c2ccco2)C[C@@H]1c1ccco1)c1ccc(F)cc1. The smallest absolute Gasteiger partial charge is 0.262 e. The second-order valence-electron chi connectivity index (χ2n) is 6.33. The lowest BCUT2D eigenvalue weighted by Crippen LogP contribution is -2.36. The highest BCUT2D eigenvalue weighted by Gasteiger charge is 2.35. The van der Waals surface area contributed by atoms with Crippen LogP contribution in [0.5, 0.6) is 0 Å². The molecule has 1 aliphatic heterocycles. The van der Waals surface area contributed by atoms with Gasteiger partial charge in [0.15, 0.2) is 0 Å². The number of furan rings is 2. The molecule has 2 aromatic heterocycles. The number of carbonyl (C=O) groups is 1. The third-order valence-electron chi connectivity index (χ3n) is 4.48. The van der Waals surface area contributed by atoms with Crippen LogP contribution in [-0.2, 0) is 4.79 Å². The number of hydrazone groups is 1. The third-order valence-corrected chi connectivity index (χ3v) is 4.48. The lowest BCUT2D eigenvalue weighted by atomic mass is 10.1. The van der Waals surface area contributed by atoms with Crippen LogP contribution < -0.4 is 4.90 Å². The van der Waals surface area contributed by atoms with Crippen LogP contribution in [0, 0.1) is 5.82 Å². The number of carbonyl (C=O) groups excluding carboxylic acids is 1. The van der Waals surface area contributed by atoms with Crippen molar-refractivity contribution in [3.05, 3.63) is 78.4 Å².